The third-order valence-electron chi connectivity index (χ3n) is 4.48. The van der Waals surface area contributed by atoms with Gasteiger partial charge >= 0.3 is 0 Å². The SMILES string of the molecule is CN1CCC[C@@H](CNc2cnc(C#N)cn2)[C@@H]1c1ccnn1C. The largest absolute Gasteiger partial charge is 0.368 e. The van der Waals surface area contributed by atoms with Gasteiger partial charge in [-0.05, 0) is 38.4 Å². The molecule has 0 saturated carbocycles. The maximum absolute atomic E-state index is 8.77. The monoisotopic (exact) mass is 311 g/mol. The molecule has 1 fully saturated rings. The molecule has 0 unspecified atom stereocenters. The first-order valence-electron chi connectivity index (χ1n) is 7.83. The minimum Gasteiger partial charge on any atom is -0.368 e. The maximum atomic E-state index is 8.77. The van der Waals surface area contributed by atoms with Crippen LogP contribution in [0.1, 0.15) is 30.3 Å². The van der Waals surface area contributed by atoms with Crippen LogP contribution in [0.2, 0.25) is 0 Å². The number of piperidine rings is 1. The molecule has 2 atom stereocenters. The van der Waals surface area contributed by atoms with Gasteiger partial charge in [-0.1, -0.05) is 0 Å². The van der Waals surface area contributed by atoms with Crippen molar-refractivity contribution in [1.29, 1.82) is 5.26 Å². The summed E-state index contributed by atoms with van der Waals surface area (Å²) in [5.41, 5.74) is 1.57. The predicted octanol–water partition coefficient (Wildman–Crippen LogP) is 1.58. The van der Waals surface area contributed by atoms with Gasteiger partial charge in [-0.2, -0.15) is 10.4 Å². The molecular weight excluding hydrogens is 290 g/mol. The fourth-order valence-corrected chi connectivity index (χ4v) is 3.33. The molecular formula is C16H21N7. The van der Waals surface area contributed by atoms with E-state index in [-0.39, 0.29) is 0 Å². The van der Waals surface area contributed by atoms with E-state index in [4.69, 9.17) is 5.26 Å². The van der Waals surface area contributed by atoms with Crippen molar-refractivity contribution in [3.63, 3.8) is 0 Å². The summed E-state index contributed by atoms with van der Waals surface area (Å²) in [4.78, 5) is 10.7. The normalized spacial score (nSPS) is 21.8. The zero-order valence-electron chi connectivity index (χ0n) is 13.5. The summed E-state index contributed by atoms with van der Waals surface area (Å²) in [5.74, 6) is 1.18. The summed E-state index contributed by atoms with van der Waals surface area (Å²) in [7, 11) is 4.17. The first-order chi connectivity index (χ1) is 11.2. The van der Waals surface area contributed by atoms with Crippen LogP contribution in [-0.2, 0) is 7.05 Å². The van der Waals surface area contributed by atoms with E-state index in [1.165, 1.54) is 18.3 Å². The molecule has 23 heavy (non-hydrogen) atoms. The number of nitrogens with one attached hydrogen (secondary N) is 1. The van der Waals surface area contributed by atoms with E-state index in [0.717, 1.165) is 19.5 Å². The van der Waals surface area contributed by atoms with Crippen LogP contribution in [0.4, 0.5) is 5.82 Å². The Balaban J connectivity index is 1.71. The quantitative estimate of drug-likeness (QED) is 0.923. The van der Waals surface area contributed by atoms with E-state index >= 15 is 0 Å². The number of aryl methyl sites for hydroxylation is 1. The standard InChI is InChI=1S/C16H21N7/c1-22-7-3-4-12(16(22)14-5-6-21-23(14)2)9-19-15-11-18-13(8-17)10-20-15/h5-6,10-12,16H,3-4,7,9H2,1-2H3,(H,19,20)/t12-,16+/m0/s1. The Kier molecular flexibility index (Phi) is 4.53. The second-order valence-corrected chi connectivity index (χ2v) is 5.99. The fraction of sp³-hybridized carbons (Fsp3) is 0.500. The summed E-state index contributed by atoms with van der Waals surface area (Å²) in [5, 5.41) is 16.4. The van der Waals surface area contributed by atoms with Crippen LogP contribution in [-0.4, -0.2) is 44.8 Å². The highest BCUT2D eigenvalue weighted by molar-refractivity contribution is 5.33. The molecule has 0 bridgehead atoms. The van der Waals surface area contributed by atoms with Crippen LogP contribution in [0.5, 0.6) is 0 Å². The minimum atomic E-state index is 0.334. The summed E-state index contributed by atoms with van der Waals surface area (Å²) >= 11 is 0. The van der Waals surface area contributed by atoms with Crippen molar-refractivity contribution in [2.45, 2.75) is 18.9 Å². The maximum Gasteiger partial charge on any atom is 0.158 e. The average molecular weight is 311 g/mol. The topological polar surface area (TPSA) is 82.7 Å². The van der Waals surface area contributed by atoms with Gasteiger partial charge in [-0.3, -0.25) is 9.58 Å². The Morgan fingerprint density at radius 3 is 2.87 bits per heavy atom. The lowest BCUT2D eigenvalue weighted by atomic mass is 9.87. The molecule has 7 heteroatoms. The van der Waals surface area contributed by atoms with Crippen LogP contribution in [0, 0.1) is 17.2 Å². The molecule has 1 aliphatic rings. The third-order valence-corrected chi connectivity index (χ3v) is 4.48. The first kappa shape index (κ1) is 15.4. The molecule has 120 valence electrons. The molecule has 0 amide bonds. The molecule has 3 heterocycles. The van der Waals surface area contributed by atoms with Gasteiger partial charge in [0.05, 0.1) is 24.1 Å². The second-order valence-electron chi connectivity index (χ2n) is 5.99. The number of hydrogen-bond acceptors (Lipinski definition) is 6. The summed E-state index contributed by atoms with van der Waals surface area (Å²) in [6.07, 6.45) is 7.32. The number of aromatic nitrogens is 4. The van der Waals surface area contributed by atoms with E-state index in [9.17, 15) is 0 Å². The van der Waals surface area contributed by atoms with Crippen LogP contribution < -0.4 is 5.32 Å². The molecule has 0 spiro atoms. The van der Waals surface area contributed by atoms with Crippen molar-refractivity contribution in [2.75, 3.05) is 25.5 Å². The number of rotatable bonds is 4. The van der Waals surface area contributed by atoms with Gasteiger partial charge in [-0.25, -0.2) is 9.97 Å². The lowest BCUT2D eigenvalue weighted by Gasteiger charge is -2.39. The average Bonchev–Trinajstić information content (AvgIpc) is 2.99. The molecule has 7 nitrogen and oxygen atoms in total. The second kappa shape index (κ2) is 6.75. The Hall–Kier alpha value is -2.46. The van der Waals surface area contributed by atoms with Crippen LogP contribution in [0.3, 0.4) is 0 Å². The van der Waals surface area contributed by atoms with E-state index in [1.54, 1.807) is 6.20 Å². The summed E-state index contributed by atoms with van der Waals surface area (Å²) in [6.45, 7) is 1.92. The number of anilines is 1. The molecule has 0 aliphatic carbocycles. The molecule has 2 aromatic heterocycles. The van der Waals surface area contributed by atoms with Gasteiger partial charge in [0.1, 0.15) is 11.9 Å². The van der Waals surface area contributed by atoms with Gasteiger partial charge in [0.2, 0.25) is 0 Å². The van der Waals surface area contributed by atoms with Crippen molar-refractivity contribution < 1.29 is 0 Å². The zero-order chi connectivity index (χ0) is 16.2. The smallest absolute Gasteiger partial charge is 0.158 e. The van der Waals surface area contributed by atoms with Crippen LogP contribution in [0.25, 0.3) is 0 Å². The van der Waals surface area contributed by atoms with Gasteiger partial charge in [0.25, 0.3) is 0 Å². The highest BCUT2D eigenvalue weighted by Crippen LogP contribution is 2.34. The molecule has 2 aromatic rings. The minimum absolute atomic E-state index is 0.334. The first-order valence-corrected chi connectivity index (χ1v) is 7.83. The molecule has 1 saturated heterocycles. The highest BCUT2D eigenvalue weighted by Gasteiger charge is 2.32. The van der Waals surface area contributed by atoms with Crippen LogP contribution in [0.15, 0.2) is 24.7 Å². The molecule has 3 rings (SSSR count). The number of nitriles is 1. The molecule has 1 aliphatic heterocycles. The van der Waals surface area contributed by atoms with Crippen molar-refractivity contribution in [3.05, 3.63) is 36.0 Å². The van der Waals surface area contributed by atoms with Gasteiger partial charge < -0.3 is 5.32 Å². The van der Waals surface area contributed by atoms with Crippen molar-refractivity contribution >= 4 is 5.82 Å². The Labute approximate surface area is 136 Å². The number of likely N-dealkylation sites (tertiary alicyclic amines) is 1. The van der Waals surface area contributed by atoms with E-state index in [0.29, 0.717) is 23.5 Å². The van der Waals surface area contributed by atoms with Gasteiger partial charge in [0.15, 0.2) is 5.69 Å². The van der Waals surface area contributed by atoms with Crippen molar-refractivity contribution in [2.24, 2.45) is 13.0 Å². The molecule has 0 radical (unpaired) electrons. The number of hydrogen-bond donors (Lipinski definition) is 1. The van der Waals surface area contributed by atoms with E-state index < -0.39 is 0 Å². The molecule has 1 N–H and O–H groups in total. The van der Waals surface area contributed by atoms with Crippen LogP contribution >= 0.6 is 0 Å². The molecule has 0 aromatic carbocycles. The fourth-order valence-electron chi connectivity index (χ4n) is 3.33. The van der Waals surface area contributed by atoms with Gasteiger partial charge in [-0.15, -0.1) is 0 Å². The highest BCUT2D eigenvalue weighted by atomic mass is 15.3. The third kappa shape index (κ3) is 3.32. The lowest BCUT2D eigenvalue weighted by Crippen LogP contribution is -2.40. The van der Waals surface area contributed by atoms with E-state index in [1.807, 2.05) is 24.0 Å². The number of nitrogens with zero attached hydrogens (tertiary/aromatic N) is 6. The Morgan fingerprint density at radius 1 is 1.35 bits per heavy atom. The Morgan fingerprint density at radius 2 is 2.22 bits per heavy atom. The predicted molar refractivity (Wildman–Crippen MR) is 86.5 cm³/mol. The zero-order valence-corrected chi connectivity index (χ0v) is 13.5. The van der Waals surface area contributed by atoms with Crippen molar-refractivity contribution in [3.8, 4) is 6.07 Å². The van der Waals surface area contributed by atoms with E-state index in [2.05, 4.69) is 38.4 Å². The Bertz CT molecular complexity index is 685. The lowest BCUT2D eigenvalue weighted by molar-refractivity contribution is 0.121. The van der Waals surface area contributed by atoms with Crippen molar-refractivity contribution in [1.82, 2.24) is 24.6 Å². The summed E-state index contributed by atoms with van der Waals surface area (Å²) in [6, 6.07) is 4.42. The van der Waals surface area contributed by atoms with Gasteiger partial charge in [0, 0.05) is 19.8 Å². The summed E-state index contributed by atoms with van der Waals surface area (Å²) < 4.78 is 1.96.